The Hall–Kier alpha value is -0.860. The van der Waals surface area contributed by atoms with Crippen molar-refractivity contribution in [2.45, 2.75) is 13.2 Å². The van der Waals surface area contributed by atoms with E-state index in [1.54, 1.807) is 0 Å². The summed E-state index contributed by atoms with van der Waals surface area (Å²) in [7, 11) is 4.07. The van der Waals surface area contributed by atoms with Crippen LogP contribution in [0.3, 0.4) is 0 Å². The Labute approximate surface area is 73.4 Å². The average Bonchev–Trinajstić information content (AvgIpc) is 2.03. The van der Waals surface area contributed by atoms with Gasteiger partial charge in [-0.05, 0) is 25.2 Å². The minimum absolute atomic E-state index is 0.126. The Balaban J connectivity index is 2.72. The van der Waals surface area contributed by atoms with E-state index >= 15 is 0 Å². The molecule has 66 valence electrons. The zero-order chi connectivity index (χ0) is 8.97. The Morgan fingerprint density at radius 1 is 1.25 bits per heavy atom. The lowest BCUT2D eigenvalue weighted by Crippen LogP contribution is -2.10. The first-order chi connectivity index (χ1) is 5.72. The van der Waals surface area contributed by atoms with Gasteiger partial charge in [0.1, 0.15) is 0 Å². The first-order valence-electron chi connectivity index (χ1n) is 4.06. The number of hydrogen-bond donors (Lipinski definition) is 1. The van der Waals surface area contributed by atoms with E-state index in [2.05, 4.69) is 11.0 Å². The summed E-state index contributed by atoms with van der Waals surface area (Å²) in [6.45, 7) is 1.05. The molecule has 1 rings (SSSR count). The van der Waals surface area contributed by atoms with Crippen LogP contribution in [0, 0.1) is 0 Å². The third kappa shape index (κ3) is 2.64. The number of benzene rings is 1. The summed E-state index contributed by atoms with van der Waals surface area (Å²) >= 11 is 0. The standard InChI is InChI=1S/C10H15NO/c1-11(2)7-9-4-3-5-10(6-9)8-12/h3-6,12H,7-8H2,1-2H3. The molecule has 2 nitrogen and oxygen atoms in total. The highest BCUT2D eigenvalue weighted by molar-refractivity contribution is 5.22. The zero-order valence-corrected chi connectivity index (χ0v) is 7.62. The van der Waals surface area contributed by atoms with Gasteiger partial charge in [-0.15, -0.1) is 0 Å². The van der Waals surface area contributed by atoms with Crippen LogP contribution in [-0.2, 0) is 13.2 Å². The topological polar surface area (TPSA) is 23.5 Å². The molecule has 1 aromatic carbocycles. The van der Waals surface area contributed by atoms with Gasteiger partial charge in [-0.3, -0.25) is 0 Å². The fraction of sp³-hybridized carbons (Fsp3) is 0.400. The molecule has 0 saturated heterocycles. The quantitative estimate of drug-likeness (QED) is 0.728. The van der Waals surface area contributed by atoms with Crippen molar-refractivity contribution in [3.8, 4) is 0 Å². The van der Waals surface area contributed by atoms with E-state index in [-0.39, 0.29) is 6.61 Å². The molecule has 0 aromatic heterocycles. The molecule has 0 spiro atoms. The molecule has 0 fully saturated rings. The largest absolute Gasteiger partial charge is 0.392 e. The highest BCUT2D eigenvalue weighted by Gasteiger charge is 1.95. The Bertz CT molecular complexity index is 245. The fourth-order valence-electron chi connectivity index (χ4n) is 1.19. The summed E-state index contributed by atoms with van der Waals surface area (Å²) in [6.07, 6.45) is 0. The first-order valence-corrected chi connectivity index (χ1v) is 4.06. The summed E-state index contributed by atoms with van der Waals surface area (Å²) in [5.41, 5.74) is 2.22. The van der Waals surface area contributed by atoms with Crippen molar-refractivity contribution < 1.29 is 5.11 Å². The Morgan fingerprint density at radius 2 is 1.92 bits per heavy atom. The number of aliphatic hydroxyl groups excluding tert-OH is 1. The molecule has 2 heteroatoms. The van der Waals surface area contributed by atoms with Crippen LogP contribution in [0.4, 0.5) is 0 Å². The molecule has 0 atom stereocenters. The molecule has 1 N–H and O–H groups in total. The van der Waals surface area contributed by atoms with Crippen molar-refractivity contribution >= 4 is 0 Å². The second-order valence-electron chi connectivity index (χ2n) is 3.22. The van der Waals surface area contributed by atoms with Crippen LogP contribution in [0.15, 0.2) is 24.3 Å². The molecule has 0 saturated carbocycles. The normalized spacial score (nSPS) is 10.7. The molecular formula is C10H15NO. The maximum absolute atomic E-state index is 8.88. The van der Waals surface area contributed by atoms with Gasteiger partial charge in [0.25, 0.3) is 0 Å². The molecule has 0 unspecified atom stereocenters. The predicted octanol–water partition coefficient (Wildman–Crippen LogP) is 1.24. The van der Waals surface area contributed by atoms with Gasteiger partial charge < -0.3 is 10.0 Å². The summed E-state index contributed by atoms with van der Waals surface area (Å²) < 4.78 is 0. The lowest BCUT2D eigenvalue weighted by atomic mass is 10.1. The third-order valence-electron chi connectivity index (χ3n) is 1.67. The van der Waals surface area contributed by atoms with Gasteiger partial charge in [0.05, 0.1) is 6.61 Å². The Morgan fingerprint density at radius 3 is 2.50 bits per heavy atom. The maximum atomic E-state index is 8.88. The highest BCUT2D eigenvalue weighted by atomic mass is 16.3. The molecule has 0 bridgehead atoms. The number of rotatable bonds is 3. The second-order valence-corrected chi connectivity index (χ2v) is 3.22. The third-order valence-corrected chi connectivity index (χ3v) is 1.67. The van der Waals surface area contributed by atoms with E-state index in [0.29, 0.717) is 0 Å². The number of aliphatic hydroxyl groups is 1. The van der Waals surface area contributed by atoms with E-state index in [9.17, 15) is 0 Å². The summed E-state index contributed by atoms with van der Waals surface area (Å²) in [5, 5.41) is 8.88. The van der Waals surface area contributed by atoms with Crippen LogP contribution in [0.25, 0.3) is 0 Å². The lowest BCUT2D eigenvalue weighted by molar-refractivity contribution is 0.281. The van der Waals surface area contributed by atoms with Crippen molar-refractivity contribution in [3.05, 3.63) is 35.4 Å². The minimum atomic E-state index is 0.126. The van der Waals surface area contributed by atoms with Crippen LogP contribution in [-0.4, -0.2) is 24.1 Å². The van der Waals surface area contributed by atoms with Crippen LogP contribution < -0.4 is 0 Å². The van der Waals surface area contributed by atoms with Gasteiger partial charge in [-0.25, -0.2) is 0 Å². The Kier molecular flexibility index (Phi) is 3.26. The van der Waals surface area contributed by atoms with E-state index in [1.165, 1.54) is 5.56 Å². The molecule has 0 heterocycles. The van der Waals surface area contributed by atoms with E-state index in [1.807, 2.05) is 32.3 Å². The summed E-state index contributed by atoms with van der Waals surface area (Å²) in [5.74, 6) is 0. The van der Waals surface area contributed by atoms with Gasteiger partial charge in [-0.1, -0.05) is 24.3 Å². The predicted molar refractivity (Wildman–Crippen MR) is 49.8 cm³/mol. The zero-order valence-electron chi connectivity index (χ0n) is 7.62. The monoisotopic (exact) mass is 165 g/mol. The van der Waals surface area contributed by atoms with E-state index in [0.717, 1.165) is 12.1 Å². The first kappa shape index (κ1) is 9.23. The number of hydrogen-bond acceptors (Lipinski definition) is 2. The minimum Gasteiger partial charge on any atom is -0.392 e. The maximum Gasteiger partial charge on any atom is 0.0681 e. The summed E-state index contributed by atoms with van der Waals surface area (Å²) in [4.78, 5) is 2.11. The van der Waals surface area contributed by atoms with Gasteiger partial charge in [0.15, 0.2) is 0 Å². The smallest absolute Gasteiger partial charge is 0.0681 e. The molecule has 0 amide bonds. The molecule has 12 heavy (non-hydrogen) atoms. The van der Waals surface area contributed by atoms with Gasteiger partial charge in [-0.2, -0.15) is 0 Å². The van der Waals surface area contributed by atoms with E-state index in [4.69, 9.17) is 5.11 Å². The number of nitrogens with zero attached hydrogens (tertiary/aromatic N) is 1. The van der Waals surface area contributed by atoms with Crippen LogP contribution in [0.5, 0.6) is 0 Å². The van der Waals surface area contributed by atoms with Gasteiger partial charge >= 0.3 is 0 Å². The lowest BCUT2D eigenvalue weighted by Gasteiger charge is -2.09. The molecule has 1 aromatic rings. The van der Waals surface area contributed by atoms with Gasteiger partial charge in [0.2, 0.25) is 0 Å². The molecule has 0 aliphatic rings. The SMILES string of the molecule is CN(C)Cc1cccc(CO)c1. The fourth-order valence-corrected chi connectivity index (χ4v) is 1.19. The van der Waals surface area contributed by atoms with Crippen molar-refractivity contribution in [3.63, 3.8) is 0 Å². The molecule has 0 radical (unpaired) electrons. The molecular weight excluding hydrogens is 150 g/mol. The van der Waals surface area contributed by atoms with Gasteiger partial charge in [0, 0.05) is 6.54 Å². The van der Waals surface area contributed by atoms with Crippen molar-refractivity contribution in [1.82, 2.24) is 4.90 Å². The second kappa shape index (κ2) is 4.24. The van der Waals surface area contributed by atoms with Crippen LogP contribution in [0.2, 0.25) is 0 Å². The molecule has 0 aliphatic carbocycles. The van der Waals surface area contributed by atoms with Crippen molar-refractivity contribution in [2.75, 3.05) is 14.1 Å². The van der Waals surface area contributed by atoms with Crippen LogP contribution >= 0.6 is 0 Å². The van der Waals surface area contributed by atoms with Crippen LogP contribution in [0.1, 0.15) is 11.1 Å². The highest BCUT2D eigenvalue weighted by Crippen LogP contribution is 2.06. The summed E-state index contributed by atoms with van der Waals surface area (Å²) in [6, 6.07) is 8.00. The van der Waals surface area contributed by atoms with E-state index < -0.39 is 0 Å². The van der Waals surface area contributed by atoms with Crippen molar-refractivity contribution in [1.29, 1.82) is 0 Å². The molecule has 0 aliphatic heterocycles. The average molecular weight is 165 g/mol. The van der Waals surface area contributed by atoms with Crippen molar-refractivity contribution in [2.24, 2.45) is 0 Å².